The minimum Gasteiger partial charge on any atom is -0.469 e. The molecule has 2 atom stereocenters. The minimum absolute atomic E-state index is 0.376. The number of aliphatic hydroxyl groups excluding tert-OH is 1. The summed E-state index contributed by atoms with van der Waals surface area (Å²) < 4.78 is 4.57. The summed E-state index contributed by atoms with van der Waals surface area (Å²) in [5.41, 5.74) is 1.01. The Morgan fingerprint density at radius 1 is 1.40 bits per heavy atom. The third kappa shape index (κ3) is 3.36. The van der Waals surface area contributed by atoms with Gasteiger partial charge in [0.05, 0.1) is 19.1 Å². The number of aliphatic hydroxyl groups is 1. The minimum atomic E-state index is -0.695. The molecule has 0 bridgehead atoms. The third-order valence-electron chi connectivity index (χ3n) is 2.44. The van der Waals surface area contributed by atoms with Crippen molar-refractivity contribution >= 4 is 5.97 Å². The molecule has 15 heavy (non-hydrogen) atoms. The van der Waals surface area contributed by atoms with Crippen molar-refractivity contribution in [3.63, 3.8) is 0 Å². The van der Waals surface area contributed by atoms with Crippen LogP contribution in [-0.4, -0.2) is 24.3 Å². The van der Waals surface area contributed by atoms with Gasteiger partial charge in [-0.15, -0.1) is 0 Å². The van der Waals surface area contributed by atoms with E-state index in [1.807, 2.05) is 30.3 Å². The van der Waals surface area contributed by atoms with Crippen molar-refractivity contribution < 1.29 is 14.6 Å². The molecule has 1 N–H and O–H groups in total. The van der Waals surface area contributed by atoms with Crippen LogP contribution >= 0.6 is 0 Å². The second-order valence-corrected chi connectivity index (χ2v) is 3.57. The standard InChI is InChI=1S/C12H16O3/c1-9(12(14)15-2)11(13)8-10-6-4-3-5-7-10/h3-7,9,11,13H,8H2,1-2H3. The van der Waals surface area contributed by atoms with Crippen LogP contribution in [0.1, 0.15) is 12.5 Å². The zero-order chi connectivity index (χ0) is 11.3. The van der Waals surface area contributed by atoms with E-state index in [4.69, 9.17) is 0 Å². The van der Waals surface area contributed by atoms with Crippen LogP contribution < -0.4 is 0 Å². The van der Waals surface area contributed by atoms with Crippen molar-refractivity contribution in [1.29, 1.82) is 0 Å². The van der Waals surface area contributed by atoms with Gasteiger partial charge in [-0.25, -0.2) is 0 Å². The molecule has 2 unspecified atom stereocenters. The normalized spacial score (nSPS) is 14.3. The smallest absolute Gasteiger partial charge is 0.311 e. The molecule has 0 aromatic heterocycles. The Kier molecular flexibility index (Phi) is 4.31. The molecule has 0 aliphatic rings. The van der Waals surface area contributed by atoms with Crippen LogP contribution in [0.5, 0.6) is 0 Å². The van der Waals surface area contributed by atoms with Gasteiger partial charge in [0, 0.05) is 0 Å². The maximum Gasteiger partial charge on any atom is 0.311 e. The van der Waals surface area contributed by atoms with Gasteiger partial charge in [0.1, 0.15) is 0 Å². The fourth-order valence-corrected chi connectivity index (χ4v) is 1.38. The number of hydrogen-bond acceptors (Lipinski definition) is 3. The summed E-state index contributed by atoms with van der Waals surface area (Å²) in [6.07, 6.45) is -0.225. The molecule has 1 aromatic rings. The van der Waals surface area contributed by atoms with E-state index in [-0.39, 0.29) is 5.97 Å². The van der Waals surface area contributed by atoms with E-state index in [0.29, 0.717) is 6.42 Å². The summed E-state index contributed by atoms with van der Waals surface area (Å²) in [7, 11) is 1.33. The second kappa shape index (κ2) is 5.51. The average Bonchev–Trinajstić information content (AvgIpc) is 2.28. The van der Waals surface area contributed by atoms with Crippen molar-refractivity contribution in [2.24, 2.45) is 5.92 Å². The van der Waals surface area contributed by atoms with Crippen LogP contribution in [0, 0.1) is 5.92 Å². The lowest BCUT2D eigenvalue weighted by Gasteiger charge is -2.16. The predicted molar refractivity (Wildman–Crippen MR) is 57.3 cm³/mol. The van der Waals surface area contributed by atoms with Crippen LogP contribution in [0.2, 0.25) is 0 Å². The molecule has 0 saturated heterocycles. The molecule has 0 heterocycles. The van der Waals surface area contributed by atoms with E-state index >= 15 is 0 Å². The quantitative estimate of drug-likeness (QED) is 0.761. The molecular formula is C12H16O3. The van der Waals surface area contributed by atoms with Crippen molar-refractivity contribution in [1.82, 2.24) is 0 Å². The van der Waals surface area contributed by atoms with Crippen LogP contribution in [0.15, 0.2) is 30.3 Å². The predicted octanol–water partition coefficient (Wildman–Crippen LogP) is 1.40. The number of carbonyl (C=O) groups is 1. The number of carbonyl (C=O) groups excluding carboxylic acids is 1. The van der Waals surface area contributed by atoms with E-state index in [9.17, 15) is 9.90 Å². The first-order valence-electron chi connectivity index (χ1n) is 4.95. The third-order valence-corrected chi connectivity index (χ3v) is 2.44. The zero-order valence-electron chi connectivity index (χ0n) is 9.01. The Morgan fingerprint density at radius 3 is 2.53 bits per heavy atom. The van der Waals surface area contributed by atoms with Gasteiger partial charge in [-0.1, -0.05) is 30.3 Å². The molecule has 0 amide bonds. The van der Waals surface area contributed by atoms with Gasteiger partial charge in [0.2, 0.25) is 0 Å². The van der Waals surface area contributed by atoms with Gasteiger partial charge < -0.3 is 9.84 Å². The van der Waals surface area contributed by atoms with Crippen molar-refractivity contribution in [2.75, 3.05) is 7.11 Å². The molecule has 3 nitrogen and oxygen atoms in total. The first kappa shape index (κ1) is 11.7. The monoisotopic (exact) mass is 208 g/mol. The molecule has 1 aromatic carbocycles. The van der Waals surface area contributed by atoms with Crippen LogP contribution in [0.3, 0.4) is 0 Å². The number of hydrogen-bond donors (Lipinski definition) is 1. The summed E-state index contributed by atoms with van der Waals surface area (Å²) in [4.78, 5) is 11.2. The number of ether oxygens (including phenoxy) is 1. The van der Waals surface area contributed by atoms with Crippen molar-refractivity contribution in [3.8, 4) is 0 Å². The molecule has 0 aliphatic heterocycles. The number of methoxy groups -OCH3 is 1. The maximum atomic E-state index is 11.2. The van der Waals surface area contributed by atoms with Crippen molar-refractivity contribution in [2.45, 2.75) is 19.4 Å². The molecule has 1 rings (SSSR count). The number of rotatable bonds is 4. The highest BCUT2D eigenvalue weighted by Gasteiger charge is 2.22. The lowest BCUT2D eigenvalue weighted by Crippen LogP contribution is -2.28. The van der Waals surface area contributed by atoms with Gasteiger partial charge in [-0.3, -0.25) is 4.79 Å². The summed E-state index contributed by atoms with van der Waals surface area (Å²) >= 11 is 0. The molecule has 0 fully saturated rings. The molecular weight excluding hydrogens is 192 g/mol. The Labute approximate surface area is 89.7 Å². The maximum absolute atomic E-state index is 11.2. The first-order chi connectivity index (χ1) is 7.15. The summed E-state index contributed by atoms with van der Waals surface area (Å²) in [5.74, 6) is -0.867. The van der Waals surface area contributed by atoms with Crippen LogP contribution in [0.25, 0.3) is 0 Å². The molecule has 0 saturated carbocycles. The molecule has 82 valence electrons. The highest BCUT2D eigenvalue weighted by atomic mass is 16.5. The van der Waals surface area contributed by atoms with E-state index < -0.39 is 12.0 Å². The average molecular weight is 208 g/mol. The van der Waals surface area contributed by atoms with Gasteiger partial charge in [-0.05, 0) is 18.9 Å². The largest absolute Gasteiger partial charge is 0.469 e. The van der Waals surface area contributed by atoms with E-state index in [0.717, 1.165) is 5.56 Å². The molecule has 0 aliphatic carbocycles. The molecule has 0 radical (unpaired) electrons. The van der Waals surface area contributed by atoms with Crippen LogP contribution in [-0.2, 0) is 16.0 Å². The first-order valence-corrected chi connectivity index (χ1v) is 4.95. The number of esters is 1. The number of benzene rings is 1. The van der Waals surface area contributed by atoms with E-state index in [1.165, 1.54) is 7.11 Å². The fourth-order valence-electron chi connectivity index (χ4n) is 1.38. The Balaban J connectivity index is 2.56. The van der Waals surface area contributed by atoms with Gasteiger partial charge in [-0.2, -0.15) is 0 Å². The Hall–Kier alpha value is -1.35. The van der Waals surface area contributed by atoms with E-state index in [1.54, 1.807) is 6.92 Å². The lowest BCUT2D eigenvalue weighted by molar-refractivity contribution is -0.148. The molecule has 3 heteroatoms. The lowest BCUT2D eigenvalue weighted by atomic mass is 9.98. The van der Waals surface area contributed by atoms with Crippen LogP contribution in [0.4, 0.5) is 0 Å². The molecule has 0 spiro atoms. The second-order valence-electron chi connectivity index (χ2n) is 3.57. The zero-order valence-corrected chi connectivity index (χ0v) is 9.01. The summed E-state index contributed by atoms with van der Waals surface area (Å²) in [6, 6.07) is 9.58. The Bertz CT molecular complexity index is 308. The highest BCUT2D eigenvalue weighted by Crippen LogP contribution is 2.11. The van der Waals surface area contributed by atoms with Gasteiger partial charge in [0.15, 0.2) is 0 Å². The SMILES string of the molecule is COC(=O)C(C)C(O)Cc1ccccc1. The van der Waals surface area contributed by atoms with Gasteiger partial charge in [0.25, 0.3) is 0 Å². The Morgan fingerprint density at radius 2 is 2.00 bits per heavy atom. The topological polar surface area (TPSA) is 46.5 Å². The summed E-state index contributed by atoms with van der Waals surface area (Å²) in [6.45, 7) is 1.67. The van der Waals surface area contributed by atoms with E-state index in [2.05, 4.69) is 4.74 Å². The van der Waals surface area contributed by atoms with Crippen molar-refractivity contribution in [3.05, 3.63) is 35.9 Å². The summed E-state index contributed by atoms with van der Waals surface area (Å²) in [5, 5.41) is 9.77. The van der Waals surface area contributed by atoms with Gasteiger partial charge >= 0.3 is 5.97 Å². The fraction of sp³-hybridized carbons (Fsp3) is 0.417. The highest BCUT2D eigenvalue weighted by molar-refractivity contribution is 5.72.